The summed E-state index contributed by atoms with van der Waals surface area (Å²) in [6.07, 6.45) is 12.1. The van der Waals surface area contributed by atoms with Gasteiger partial charge in [0.25, 0.3) is 0 Å². The number of rotatable bonds is 13. The fraction of sp³-hybridized carbons (Fsp3) is 1.00. The number of ether oxygens (including phenoxy) is 1. The summed E-state index contributed by atoms with van der Waals surface area (Å²) in [7, 11) is 0. The highest BCUT2D eigenvalue weighted by atomic mass is 16.6. The van der Waals surface area contributed by atoms with Crippen LogP contribution in [0.4, 0.5) is 0 Å². The molecule has 1 N–H and O–H groups in total. The van der Waals surface area contributed by atoms with Gasteiger partial charge in [0.15, 0.2) is 5.79 Å². The summed E-state index contributed by atoms with van der Waals surface area (Å²) >= 11 is 0. The van der Waals surface area contributed by atoms with Gasteiger partial charge in [0.1, 0.15) is 0 Å². The van der Waals surface area contributed by atoms with Gasteiger partial charge in [0.05, 0.1) is 6.61 Å². The van der Waals surface area contributed by atoms with E-state index in [2.05, 4.69) is 20.8 Å². The predicted octanol–water partition coefficient (Wildman–Crippen LogP) is 5.04. The molecule has 18 heavy (non-hydrogen) atoms. The van der Waals surface area contributed by atoms with Crippen LogP contribution in [0.3, 0.4) is 0 Å². The van der Waals surface area contributed by atoms with E-state index < -0.39 is 5.79 Å². The topological polar surface area (TPSA) is 29.5 Å². The Morgan fingerprint density at radius 3 is 1.89 bits per heavy atom. The fourth-order valence-corrected chi connectivity index (χ4v) is 2.13. The van der Waals surface area contributed by atoms with E-state index in [1.54, 1.807) is 0 Å². The molecule has 0 rings (SSSR count). The van der Waals surface area contributed by atoms with Gasteiger partial charge < -0.3 is 9.84 Å². The van der Waals surface area contributed by atoms with Crippen LogP contribution in [-0.4, -0.2) is 17.5 Å². The van der Waals surface area contributed by atoms with Crippen LogP contribution >= 0.6 is 0 Å². The average molecular weight is 258 g/mol. The van der Waals surface area contributed by atoms with Crippen molar-refractivity contribution in [2.75, 3.05) is 6.61 Å². The Kier molecular flexibility index (Phi) is 11.9. The standard InChI is InChI=1S/C16H34O2/c1-4-7-10-11-12-14-16(17,13-8-5-2)18-15-9-6-3/h17H,4-15H2,1-3H3. The SMILES string of the molecule is CCCCCCCC(O)(CCCC)OCCCC. The molecule has 0 aromatic heterocycles. The molecule has 0 aromatic rings. The Labute approximate surface area is 114 Å². The molecule has 0 bridgehead atoms. The van der Waals surface area contributed by atoms with Gasteiger partial charge in [0.2, 0.25) is 0 Å². The highest BCUT2D eigenvalue weighted by Crippen LogP contribution is 2.24. The highest BCUT2D eigenvalue weighted by Gasteiger charge is 2.25. The molecule has 0 spiro atoms. The zero-order valence-corrected chi connectivity index (χ0v) is 12.8. The molecule has 0 radical (unpaired) electrons. The van der Waals surface area contributed by atoms with Gasteiger partial charge in [-0.05, 0) is 19.3 Å². The lowest BCUT2D eigenvalue weighted by Crippen LogP contribution is -2.32. The molecule has 0 amide bonds. The zero-order chi connectivity index (χ0) is 13.7. The van der Waals surface area contributed by atoms with Crippen LogP contribution in [0.1, 0.15) is 91.4 Å². The van der Waals surface area contributed by atoms with Crippen molar-refractivity contribution in [3.8, 4) is 0 Å². The molecule has 0 aliphatic rings. The van der Waals surface area contributed by atoms with Gasteiger partial charge in [-0.2, -0.15) is 0 Å². The Morgan fingerprint density at radius 2 is 1.28 bits per heavy atom. The molecular formula is C16H34O2. The summed E-state index contributed by atoms with van der Waals surface area (Å²) in [5.74, 6) is -0.850. The lowest BCUT2D eigenvalue weighted by molar-refractivity contribution is -0.213. The minimum absolute atomic E-state index is 0.700. The molecule has 0 aromatic carbocycles. The lowest BCUT2D eigenvalue weighted by atomic mass is 10.0. The van der Waals surface area contributed by atoms with Gasteiger partial charge in [0, 0.05) is 12.8 Å². The van der Waals surface area contributed by atoms with Crippen LogP contribution in [0, 0.1) is 0 Å². The van der Waals surface area contributed by atoms with Gasteiger partial charge in [-0.1, -0.05) is 59.3 Å². The van der Waals surface area contributed by atoms with Crippen molar-refractivity contribution < 1.29 is 9.84 Å². The first-order chi connectivity index (χ1) is 8.68. The van der Waals surface area contributed by atoms with Crippen molar-refractivity contribution in [3.63, 3.8) is 0 Å². The van der Waals surface area contributed by atoms with E-state index in [-0.39, 0.29) is 0 Å². The maximum Gasteiger partial charge on any atom is 0.165 e. The van der Waals surface area contributed by atoms with Crippen molar-refractivity contribution in [1.29, 1.82) is 0 Å². The third-order valence-corrected chi connectivity index (χ3v) is 3.46. The molecule has 0 aliphatic heterocycles. The molecule has 1 unspecified atom stereocenters. The van der Waals surface area contributed by atoms with Crippen molar-refractivity contribution in [3.05, 3.63) is 0 Å². The second-order valence-corrected chi connectivity index (χ2v) is 5.42. The van der Waals surface area contributed by atoms with E-state index >= 15 is 0 Å². The van der Waals surface area contributed by atoms with Crippen LogP contribution in [0.15, 0.2) is 0 Å². The smallest absolute Gasteiger partial charge is 0.165 e. The van der Waals surface area contributed by atoms with E-state index in [1.165, 1.54) is 25.7 Å². The van der Waals surface area contributed by atoms with Crippen LogP contribution in [0.2, 0.25) is 0 Å². The second-order valence-electron chi connectivity index (χ2n) is 5.42. The monoisotopic (exact) mass is 258 g/mol. The number of hydrogen-bond donors (Lipinski definition) is 1. The van der Waals surface area contributed by atoms with Gasteiger partial charge in [-0.3, -0.25) is 0 Å². The molecule has 2 nitrogen and oxygen atoms in total. The summed E-state index contributed by atoms with van der Waals surface area (Å²) in [4.78, 5) is 0. The van der Waals surface area contributed by atoms with E-state index in [9.17, 15) is 5.11 Å². The van der Waals surface area contributed by atoms with Crippen LogP contribution in [0.25, 0.3) is 0 Å². The first kappa shape index (κ1) is 17.9. The average Bonchev–Trinajstić information content (AvgIpc) is 2.37. The highest BCUT2D eigenvalue weighted by molar-refractivity contribution is 4.68. The summed E-state index contributed by atoms with van der Waals surface area (Å²) < 4.78 is 5.73. The first-order valence-corrected chi connectivity index (χ1v) is 8.04. The number of aliphatic hydroxyl groups is 1. The van der Waals surface area contributed by atoms with Crippen molar-refractivity contribution in [2.24, 2.45) is 0 Å². The number of unbranched alkanes of at least 4 members (excludes halogenated alkanes) is 6. The second kappa shape index (κ2) is 12.0. The van der Waals surface area contributed by atoms with Crippen molar-refractivity contribution in [1.82, 2.24) is 0 Å². The molecular weight excluding hydrogens is 224 g/mol. The van der Waals surface area contributed by atoms with Crippen LogP contribution in [-0.2, 0) is 4.74 Å². The molecule has 0 fully saturated rings. The first-order valence-electron chi connectivity index (χ1n) is 8.04. The maximum absolute atomic E-state index is 10.5. The normalized spacial score (nSPS) is 14.7. The zero-order valence-electron chi connectivity index (χ0n) is 12.8. The summed E-state index contributed by atoms with van der Waals surface area (Å²) in [6.45, 7) is 7.24. The minimum Gasteiger partial charge on any atom is -0.365 e. The molecule has 1 atom stereocenters. The van der Waals surface area contributed by atoms with Crippen molar-refractivity contribution >= 4 is 0 Å². The maximum atomic E-state index is 10.5. The molecule has 0 saturated heterocycles. The largest absolute Gasteiger partial charge is 0.365 e. The van der Waals surface area contributed by atoms with E-state index in [0.717, 1.165) is 44.9 Å². The van der Waals surface area contributed by atoms with E-state index in [4.69, 9.17) is 4.74 Å². The molecule has 0 aliphatic carbocycles. The van der Waals surface area contributed by atoms with E-state index in [0.29, 0.717) is 6.61 Å². The molecule has 0 heterocycles. The van der Waals surface area contributed by atoms with Gasteiger partial charge >= 0.3 is 0 Å². The third kappa shape index (κ3) is 9.90. The lowest BCUT2D eigenvalue weighted by Gasteiger charge is -2.28. The Hall–Kier alpha value is -0.0800. The molecule has 0 saturated carbocycles. The quantitative estimate of drug-likeness (QED) is 0.370. The summed E-state index contributed by atoms with van der Waals surface area (Å²) in [6, 6.07) is 0. The Bertz CT molecular complexity index is 170. The summed E-state index contributed by atoms with van der Waals surface area (Å²) in [5, 5.41) is 10.5. The molecule has 2 heteroatoms. The van der Waals surface area contributed by atoms with Gasteiger partial charge in [-0.15, -0.1) is 0 Å². The fourth-order valence-electron chi connectivity index (χ4n) is 2.13. The van der Waals surface area contributed by atoms with Crippen molar-refractivity contribution in [2.45, 2.75) is 97.2 Å². The Morgan fingerprint density at radius 1 is 0.722 bits per heavy atom. The Balaban J connectivity index is 3.87. The molecule has 110 valence electrons. The minimum atomic E-state index is -0.850. The van der Waals surface area contributed by atoms with Crippen LogP contribution in [0.5, 0.6) is 0 Å². The van der Waals surface area contributed by atoms with E-state index in [1.807, 2.05) is 0 Å². The van der Waals surface area contributed by atoms with Crippen LogP contribution < -0.4 is 0 Å². The van der Waals surface area contributed by atoms with Gasteiger partial charge in [-0.25, -0.2) is 0 Å². The predicted molar refractivity (Wildman–Crippen MR) is 78.7 cm³/mol. The summed E-state index contributed by atoms with van der Waals surface area (Å²) in [5.41, 5.74) is 0. The third-order valence-electron chi connectivity index (χ3n) is 3.46. The number of hydrogen-bond acceptors (Lipinski definition) is 2.